The van der Waals surface area contributed by atoms with Crippen LogP contribution in [-0.4, -0.2) is 32.3 Å². The van der Waals surface area contributed by atoms with Crippen LogP contribution in [0.15, 0.2) is 18.2 Å². The van der Waals surface area contributed by atoms with E-state index in [9.17, 15) is 9.90 Å². The van der Waals surface area contributed by atoms with Crippen molar-refractivity contribution in [1.82, 2.24) is 9.55 Å². The SMILES string of the molecule is CCCc1nc2cc(C(=O)O)ccc2n1CC1(CO)CC1. The molecule has 0 unspecified atom stereocenters. The maximum absolute atomic E-state index is 11.1. The van der Waals surface area contributed by atoms with Gasteiger partial charge in [0.05, 0.1) is 23.2 Å². The van der Waals surface area contributed by atoms with E-state index in [2.05, 4.69) is 16.5 Å². The number of hydrogen-bond donors (Lipinski definition) is 2. The number of rotatable bonds is 6. The van der Waals surface area contributed by atoms with Gasteiger partial charge in [0.2, 0.25) is 0 Å². The lowest BCUT2D eigenvalue weighted by molar-refractivity contribution is 0.0697. The van der Waals surface area contributed by atoms with E-state index in [1.54, 1.807) is 12.1 Å². The van der Waals surface area contributed by atoms with Crippen LogP contribution in [0.3, 0.4) is 0 Å². The molecule has 3 rings (SSSR count). The molecule has 112 valence electrons. The van der Waals surface area contributed by atoms with Crippen LogP contribution < -0.4 is 0 Å². The molecule has 21 heavy (non-hydrogen) atoms. The third-order valence-corrected chi connectivity index (χ3v) is 4.33. The summed E-state index contributed by atoms with van der Waals surface area (Å²) in [6.45, 7) is 3.07. The minimum absolute atomic E-state index is 0.00158. The molecule has 1 aromatic heterocycles. The summed E-state index contributed by atoms with van der Waals surface area (Å²) in [6.07, 6.45) is 3.93. The van der Waals surface area contributed by atoms with Gasteiger partial charge in [0.1, 0.15) is 5.82 Å². The van der Waals surface area contributed by atoms with Crippen molar-refractivity contribution < 1.29 is 15.0 Å². The van der Waals surface area contributed by atoms with Gasteiger partial charge in [0.25, 0.3) is 0 Å². The largest absolute Gasteiger partial charge is 0.478 e. The van der Waals surface area contributed by atoms with E-state index in [-0.39, 0.29) is 17.6 Å². The van der Waals surface area contributed by atoms with Crippen LogP contribution in [0.5, 0.6) is 0 Å². The Kier molecular flexibility index (Phi) is 3.45. The Hall–Kier alpha value is -1.88. The molecule has 2 N–H and O–H groups in total. The summed E-state index contributed by atoms with van der Waals surface area (Å²) in [5.41, 5.74) is 1.95. The van der Waals surface area contributed by atoms with E-state index in [0.717, 1.165) is 49.1 Å². The van der Waals surface area contributed by atoms with E-state index in [1.165, 1.54) is 0 Å². The number of aromatic carboxylic acids is 1. The van der Waals surface area contributed by atoms with Crippen LogP contribution in [0, 0.1) is 5.41 Å². The van der Waals surface area contributed by atoms with Crippen molar-refractivity contribution in [3.05, 3.63) is 29.6 Å². The molecule has 2 aromatic rings. The van der Waals surface area contributed by atoms with Gasteiger partial charge in [-0.15, -0.1) is 0 Å². The predicted octanol–water partition coefficient (Wildman–Crippen LogP) is 2.46. The molecule has 0 spiro atoms. The highest BCUT2D eigenvalue weighted by Crippen LogP contribution is 2.47. The van der Waals surface area contributed by atoms with E-state index in [1.807, 2.05) is 6.07 Å². The topological polar surface area (TPSA) is 75.3 Å². The number of aryl methyl sites for hydroxylation is 1. The molecule has 5 heteroatoms. The lowest BCUT2D eigenvalue weighted by Crippen LogP contribution is -2.17. The molecule has 1 aromatic carbocycles. The number of carboxylic acids is 1. The quantitative estimate of drug-likeness (QED) is 0.856. The van der Waals surface area contributed by atoms with E-state index in [0.29, 0.717) is 0 Å². The molecule has 5 nitrogen and oxygen atoms in total. The Bertz CT molecular complexity index is 686. The number of aliphatic hydroxyl groups is 1. The molecule has 0 saturated heterocycles. The third-order valence-electron chi connectivity index (χ3n) is 4.33. The van der Waals surface area contributed by atoms with Crippen LogP contribution in [-0.2, 0) is 13.0 Å². The van der Waals surface area contributed by atoms with Gasteiger partial charge in [-0.3, -0.25) is 0 Å². The first kappa shape index (κ1) is 14.1. The summed E-state index contributed by atoms with van der Waals surface area (Å²) < 4.78 is 2.16. The zero-order valence-corrected chi connectivity index (χ0v) is 12.2. The molecule has 1 saturated carbocycles. The van der Waals surface area contributed by atoms with Gasteiger partial charge in [-0.25, -0.2) is 9.78 Å². The molecular formula is C16H20N2O3. The number of aromatic nitrogens is 2. The normalized spacial score (nSPS) is 16.3. The highest BCUT2D eigenvalue weighted by Gasteiger charge is 2.42. The number of benzene rings is 1. The van der Waals surface area contributed by atoms with Crippen molar-refractivity contribution in [2.45, 2.75) is 39.2 Å². The van der Waals surface area contributed by atoms with Gasteiger partial charge >= 0.3 is 5.97 Å². The highest BCUT2D eigenvalue weighted by molar-refractivity contribution is 5.92. The molecule has 0 amide bonds. The van der Waals surface area contributed by atoms with Crippen LogP contribution in [0.2, 0.25) is 0 Å². The zero-order valence-electron chi connectivity index (χ0n) is 12.2. The summed E-state index contributed by atoms with van der Waals surface area (Å²) in [6, 6.07) is 5.08. The minimum atomic E-state index is -0.933. The fraction of sp³-hybridized carbons (Fsp3) is 0.500. The molecule has 0 atom stereocenters. The maximum Gasteiger partial charge on any atom is 0.335 e. The van der Waals surface area contributed by atoms with E-state index in [4.69, 9.17) is 5.11 Å². The van der Waals surface area contributed by atoms with Gasteiger partial charge < -0.3 is 14.8 Å². The fourth-order valence-electron chi connectivity index (χ4n) is 2.78. The summed E-state index contributed by atoms with van der Waals surface area (Å²) in [5, 5.41) is 18.6. The van der Waals surface area contributed by atoms with Crippen molar-refractivity contribution in [2.75, 3.05) is 6.61 Å². The molecule has 1 aliphatic carbocycles. The van der Waals surface area contributed by atoms with Crippen LogP contribution in [0.1, 0.15) is 42.4 Å². The van der Waals surface area contributed by atoms with Crippen molar-refractivity contribution in [3.8, 4) is 0 Å². The smallest absolute Gasteiger partial charge is 0.335 e. The lowest BCUT2D eigenvalue weighted by Gasteiger charge is -2.15. The van der Waals surface area contributed by atoms with Gasteiger partial charge in [0.15, 0.2) is 0 Å². The molecule has 0 aliphatic heterocycles. The number of nitrogens with zero attached hydrogens (tertiary/aromatic N) is 2. The van der Waals surface area contributed by atoms with Gasteiger partial charge in [-0.05, 0) is 37.5 Å². The molecule has 1 heterocycles. The number of hydrogen-bond acceptors (Lipinski definition) is 3. The molecular weight excluding hydrogens is 268 g/mol. The van der Waals surface area contributed by atoms with Gasteiger partial charge in [-0.1, -0.05) is 6.92 Å². The first-order chi connectivity index (χ1) is 10.1. The molecule has 1 aliphatic rings. The maximum atomic E-state index is 11.1. The monoisotopic (exact) mass is 288 g/mol. The van der Waals surface area contributed by atoms with Crippen LogP contribution >= 0.6 is 0 Å². The molecule has 0 radical (unpaired) electrons. The van der Waals surface area contributed by atoms with E-state index >= 15 is 0 Å². The average molecular weight is 288 g/mol. The van der Waals surface area contributed by atoms with Gasteiger partial charge in [0, 0.05) is 18.4 Å². The Labute approximate surface area is 123 Å². The summed E-state index contributed by atoms with van der Waals surface area (Å²) >= 11 is 0. The second kappa shape index (κ2) is 5.15. The Morgan fingerprint density at radius 1 is 1.43 bits per heavy atom. The number of fused-ring (bicyclic) bond motifs is 1. The highest BCUT2D eigenvalue weighted by atomic mass is 16.4. The summed E-state index contributed by atoms with van der Waals surface area (Å²) in [4.78, 5) is 15.7. The van der Waals surface area contributed by atoms with Crippen molar-refractivity contribution in [1.29, 1.82) is 0 Å². The standard InChI is InChI=1S/C16H20N2O3/c1-2-3-14-17-12-8-11(15(20)21)4-5-13(12)18(14)9-16(10-19)6-7-16/h4-5,8,19H,2-3,6-7,9-10H2,1H3,(H,20,21). The zero-order chi connectivity index (χ0) is 15.0. The lowest BCUT2D eigenvalue weighted by atomic mass is 10.1. The Balaban J connectivity index is 2.06. The van der Waals surface area contributed by atoms with Crippen LogP contribution in [0.25, 0.3) is 11.0 Å². The molecule has 1 fully saturated rings. The number of aliphatic hydroxyl groups excluding tert-OH is 1. The first-order valence-electron chi connectivity index (χ1n) is 7.42. The Morgan fingerprint density at radius 2 is 2.19 bits per heavy atom. The second-order valence-electron chi connectivity index (χ2n) is 6.03. The molecule has 0 bridgehead atoms. The average Bonchev–Trinajstić information content (AvgIpc) is 3.17. The number of carboxylic acid groups (broad SMARTS) is 1. The van der Waals surface area contributed by atoms with Gasteiger partial charge in [-0.2, -0.15) is 0 Å². The summed E-state index contributed by atoms with van der Waals surface area (Å²) in [5.74, 6) is 0.0484. The minimum Gasteiger partial charge on any atom is -0.478 e. The van der Waals surface area contributed by atoms with Crippen molar-refractivity contribution in [2.24, 2.45) is 5.41 Å². The number of carbonyl (C=O) groups is 1. The van der Waals surface area contributed by atoms with Crippen molar-refractivity contribution in [3.63, 3.8) is 0 Å². The van der Waals surface area contributed by atoms with Crippen LogP contribution in [0.4, 0.5) is 0 Å². The predicted molar refractivity (Wildman–Crippen MR) is 79.4 cm³/mol. The van der Waals surface area contributed by atoms with Crippen molar-refractivity contribution >= 4 is 17.0 Å². The first-order valence-corrected chi connectivity index (χ1v) is 7.42. The fourth-order valence-corrected chi connectivity index (χ4v) is 2.78. The Morgan fingerprint density at radius 3 is 2.76 bits per heavy atom. The van der Waals surface area contributed by atoms with E-state index < -0.39 is 5.97 Å². The summed E-state index contributed by atoms with van der Waals surface area (Å²) in [7, 11) is 0. The third kappa shape index (κ3) is 2.53. The number of imidazole rings is 1. The second-order valence-corrected chi connectivity index (χ2v) is 6.03.